The highest BCUT2D eigenvalue weighted by Gasteiger charge is 2.59. The van der Waals surface area contributed by atoms with Crippen LogP contribution in [-0.2, 0) is 9.59 Å². The van der Waals surface area contributed by atoms with E-state index in [0.29, 0.717) is 6.42 Å². The summed E-state index contributed by atoms with van der Waals surface area (Å²) in [5.74, 6) is 1.50. The second-order valence-corrected chi connectivity index (χ2v) is 7.28. The molecule has 1 N–H and O–H groups in total. The zero-order valence-electron chi connectivity index (χ0n) is 12.3. The molecule has 0 radical (unpaired) electrons. The third kappa shape index (κ3) is 3.68. The maximum Gasteiger partial charge on any atom is 0.307 e. The quantitative estimate of drug-likeness (QED) is 0.734. The molecule has 2 rings (SSSR count). The molecule has 2 fully saturated rings. The minimum Gasteiger partial charge on any atom is -0.481 e. The number of piperidine rings is 1. The Morgan fingerprint density at radius 2 is 2.00 bits per heavy atom. The molecular weight excluding hydrogens is 274 g/mol. The third-order valence-corrected chi connectivity index (χ3v) is 5.77. The summed E-state index contributed by atoms with van der Waals surface area (Å²) in [6.45, 7) is 3.68. The second kappa shape index (κ2) is 6.83. The maximum atomic E-state index is 12.1. The SMILES string of the molecule is CCCCSCCC(=O)N1CCC2(CC1)CC2C(=O)O. The van der Waals surface area contributed by atoms with Crippen molar-refractivity contribution >= 4 is 23.6 Å². The van der Waals surface area contributed by atoms with Gasteiger partial charge in [-0.25, -0.2) is 0 Å². The highest BCUT2D eigenvalue weighted by Crippen LogP contribution is 2.59. The molecule has 20 heavy (non-hydrogen) atoms. The van der Waals surface area contributed by atoms with Gasteiger partial charge in [0.1, 0.15) is 0 Å². The molecule has 4 nitrogen and oxygen atoms in total. The van der Waals surface area contributed by atoms with E-state index in [-0.39, 0.29) is 17.2 Å². The maximum absolute atomic E-state index is 12.1. The van der Waals surface area contributed by atoms with E-state index in [1.54, 1.807) is 0 Å². The van der Waals surface area contributed by atoms with Gasteiger partial charge in [-0.05, 0) is 36.9 Å². The number of nitrogens with zero attached hydrogens (tertiary/aromatic N) is 1. The van der Waals surface area contributed by atoms with Gasteiger partial charge in [0, 0.05) is 25.3 Å². The van der Waals surface area contributed by atoms with E-state index in [9.17, 15) is 9.59 Å². The predicted octanol–water partition coefficient (Wildman–Crippen LogP) is 2.62. The van der Waals surface area contributed by atoms with Crippen molar-refractivity contribution < 1.29 is 14.7 Å². The van der Waals surface area contributed by atoms with Gasteiger partial charge >= 0.3 is 5.97 Å². The molecule has 1 unspecified atom stereocenters. The average Bonchev–Trinajstić information content (AvgIpc) is 3.13. The van der Waals surface area contributed by atoms with Crippen LogP contribution in [0.4, 0.5) is 0 Å². The molecule has 1 spiro atoms. The standard InChI is InChI=1S/C15H25NO3S/c1-2-3-9-20-10-4-13(17)16-7-5-15(6-8-16)11-12(15)14(18)19/h12H,2-11H2,1H3,(H,18,19). The minimum atomic E-state index is -0.655. The van der Waals surface area contributed by atoms with Crippen molar-refractivity contribution in [2.24, 2.45) is 11.3 Å². The predicted molar refractivity (Wildman–Crippen MR) is 80.8 cm³/mol. The fourth-order valence-electron chi connectivity index (χ4n) is 3.12. The molecular formula is C15H25NO3S. The summed E-state index contributed by atoms with van der Waals surface area (Å²) >= 11 is 1.86. The smallest absolute Gasteiger partial charge is 0.307 e. The van der Waals surface area contributed by atoms with Gasteiger partial charge in [-0.3, -0.25) is 9.59 Å². The number of hydrogen-bond acceptors (Lipinski definition) is 3. The Hall–Kier alpha value is -0.710. The molecule has 5 heteroatoms. The van der Waals surface area contributed by atoms with E-state index < -0.39 is 5.97 Å². The molecule has 0 aromatic rings. The van der Waals surface area contributed by atoms with Crippen LogP contribution >= 0.6 is 11.8 Å². The van der Waals surface area contributed by atoms with Gasteiger partial charge in [-0.1, -0.05) is 13.3 Å². The van der Waals surface area contributed by atoms with E-state index >= 15 is 0 Å². The number of likely N-dealkylation sites (tertiary alicyclic amines) is 1. The van der Waals surface area contributed by atoms with Gasteiger partial charge in [-0.2, -0.15) is 11.8 Å². The number of rotatable bonds is 7. The summed E-state index contributed by atoms with van der Waals surface area (Å²) in [7, 11) is 0. The number of unbranched alkanes of at least 4 members (excludes halogenated alkanes) is 1. The number of hydrogen-bond donors (Lipinski definition) is 1. The van der Waals surface area contributed by atoms with Crippen LogP contribution in [0.5, 0.6) is 0 Å². The van der Waals surface area contributed by atoms with Gasteiger partial charge in [-0.15, -0.1) is 0 Å². The molecule has 1 aliphatic carbocycles. The first kappa shape index (κ1) is 15.7. The van der Waals surface area contributed by atoms with Crippen LogP contribution in [0.1, 0.15) is 45.4 Å². The summed E-state index contributed by atoms with van der Waals surface area (Å²) in [5, 5.41) is 9.05. The second-order valence-electron chi connectivity index (χ2n) is 6.05. The number of carboxylic acids is 1. The lowest BCUT2D eigenvalue weighted by Crippen LogP contribution is -2.40. The van der Waals surface area contributed by atoms with Crippen molar-refractivity contribution in [1.29, 1.82) is 0 Å². The Labute approximate surface area is 125 Å². The Morgan fingerprint density at radius 3 is 2.55 bits per heavy atom. The van der Waals surface area contributed by atoms with Crippen molar-refractivity contribution in [2.45, 2.75) is 45.4 Å². The van der Waals surface area contributed by atoms with Gasteiger partial charge in [0.15, 0.2) is 0 Å². The van der Waals surface area contributed by atoms with E-state index in [1.807, 2.05) is 16.7 Å². The zero-order valence-corrected chi connectivity index (χ0v) is 13.1. The topological polar surface area (TPSA) is 57.6 Å². The molecule has 1 aliphatic heterocycles. The van der Waals surface area contributed by atoms with Crippen molar-refractivity contribution in [3.05, 3.63) is 0 Å². The van der Waals surface area contributed by atoms with E-state index in [0.717, 1.165) is 43.9 Å². The molecule has 1 heterocycles. The van der Waals surface area contributed by atoms with Crippen molar-refractivity contribution in [3.63, 3.8) is 0 Å². The number of amides is 1. The van der Waals surface area contributed by atoms with Crippen molar-refractivity contribution in [2.75, 3.05) is 24.6 Å². The third-order valence-electron chi connectivity index (χ3n) is 4.70. The summed E-state index contributed by atoms with van der Waals surface area (Å²) in [6.07, 6.45) is 5.62. The van der Waals surface area contributed by atoms with Crippen molar-refractivity contribution in [3.8, 4) is 0 Å². The monoisotopic (exact) mass is 299 g/mol. The van der Waals surface area contributed by atoms with E-state index in [1.165, 1.54) is 12.8 Å². The Kier molecular flexibility index (Phi) is 5.35. The van der Waals surface area contributed by atoms with E-state index in [2.05, 4.69) is 6.92 Å². The number of carbonyl (C=O) groups excluding carboxylic acids is 1. The number of carboxylic acid groups (broad SMARTS) is 1. The minimum absolute atomic E-state index is 0.0263. The molecule has 1 saturated heterocycles. The summed E-state index contributed by atoms with van der Waals surface area (Å²) in [5.41, 5.74) is 0.0263. The number of thioether (sulfide) groups is 1. The molecule has 0 bridgehead atoms. The Balaban J connectivity index is 1.64. The molecule has 0 aromatic carbocycles. The number of aliphatic carboxylic acids is 1. The normalized spacial score (nSPS) is 23.9. The molecule has 1 atom stereocenters. The molecule has 1 amide bonds. The lowest BCUT2D eigenvalue weighted by Gasteiger charge is -2.32. The summed E-state index contributed by atoms with van der Waals surface area (Å²) in [6, 6.07) is 0. The molecule has 2 aliphatic rings. The Morgan fingerprint density at radius 1 is 1.30 bits per heavy atom. The highest BCUT2D eigenvalue weighted by molar-refractivity contribution is 7.99. The van der Waals surface area contributed by atoms with Gasteiger partial charge in [0.2, 0.25) is 5.91 Å². The van der Waals surface area contributed by atoms with Gasteiger partial charge < -0.3 is 10.0 Å². The average molecular weight is 299 g/mol. The first-order valence-electron chi connectivity index (χ1n) is 7.67. The first-order chi connectivity index (χ1) is 9.59. The molecule has 114 valence electrons. The van der Waals surface area contributed by atoms with Gasteiger partial charge in [0.25, 0.3) is 0 Å². The van der Waals surface area contributed by atoms with E-state index in [4.69, 9.17) is 5.11 Å². The summed E-state index contributed by atoms with van der Waals surface area (Å²) < 4.78 is 0. The highest BCUT2D eigenvalue weighted by atomic mass is 32.2. The molecule has 0 aromatic heterocycles. The molecule has 1 saturated carbocycles. The van der Waals surface area contributed by atoms with Crippen LogP contribution in [0.2, 0.25) is 0 Å². The van der Waals surface area contributed by atoms with Crippen molar-refractivity contribution in [1.82, 2.24) is 4.90 Å². The van der Waals surface area contributed by atoms with Crippen LogP contribution in [0.15, 0.2) is 0 Å². The van der Waals surface area contributed by atoms with Crippen LogP contribution < -0.4 is 0 Å². The van der Waals surface area contributed by atoms with Crippen LogP contribution in [0, 0.1) is 11.3 Å². The largest absolute Gasteiger partial charge is 0.481 e. The van der Waals surface area contributed by atoms with Crippen LogP contribution in [0.3, 0.4) is 0 Å². The Bertz CT molecular complexity index is 364. The first-order valence-corrected chi connectivity index (χ1v) is 8.83. The lowest BCUT2D eigenvalue weighted by atomic mass is 9.90. The lowest BCUT2D eigenvalue weighted by molar-refractivity contribution is -0.139. The zero-order chi connectivity index (χ0) is 14.6. The fourth-order valence-corrected chi connectivity index (χ4v) is 4.13. The summed E-state index contributed by atoms with van der Waals surface area (Å²) in [4.78, 5) is 25.0. The van der Waals surface area contributed by atoms with Gasteiger partial charge in [0.05, 0.1) is 5.92 Å². The number of carbonyl (C=O) groups is 2. The van der Waals surface area contributed by atoms with Crippen LogP contribution in [0.25, 0.3) is 0 Å². The van der Waals surface area contributed by atoms with Crippen LogP contribution in [-0.4, -0.2) is 46.5 Å². The fraction of sp³-hybridized carbons (Fsp3) is 0.867.